The van der Waals surface area contributed by atoms with Gasteiger partial charge < -0.3 is 5.11 Å². The van der Waals surface area contributed by atoms with Gasteiger partial charge in [0.05, 0.1) is 11.6 Å². The molecule has 1 aromatic rings. The molecule has 0 aromatic heterocycles. The molecule has 0 spiro atoms. The van der Waals surface area contributed by atoms with Crippen LogP contribution in [0.15, 0.2) is 41.1 Å². The first kappa shape index (κ1) is 20.0. The number of carbonyl (C=O) groups excluding carboxylic acids is 1. The molecule has 4 nitrogen and oxygen atoms in total. The zero-order valence-corrected chi connectivity index (χ0v) is 16.7. The van der Waals surface area contributed by atoms with Crippen LogP contribution < -0.4 is 0 Å². The van der Waals surface area contributed by atoms with E-state index < -0.39 is 0 Å². The molecule has 1 N–H and O–H groups in total. The molecule has 4 heteroatoms. The van der Waals surface area contributed by atoms with E-state index in [1.165, 1.54) is 0 Å². The highest BCUT2D eigenvalue weighted by atomic mass is 16.3. The second-order valence-electron chi connectivity index (χ2n) is 7.16. The smallest absolute Gasteiger partial charge is 0.232 e. The monoisotopic (exact) mass is 354 g/mol. The van der Waals surface area contributed by atoms with E-state index in [2.05, 4.69) is 13.8 Å². The summed E-state index contributed by atoms with van der Waals surface area (Å²) in [4.78, 5) is 19.4. The van der Waals surface area contributed by atoms with Gasteiger partial charge in [-0.15, -0.1) is 0 Å². The number of nitrogens with zero attached hydrogens (tertiary/aromatic N) is 2. The van der Waals surface area contributed by atoms with E-state index in [0.717, 1.165) is 16.8 Å². The van der Waals surface area contributed by atoms with Gasteiger partial charge in [-0.05, 0) is 69.4 Å². The minimum Gasteiger partial charge on any atom is -0.507 e. The zero-order valence-electron chi connectivity index (χ0n) is 16.7. The molecular weight excluding hydrogens is 324 g/mol. The van der Waals surface area contributed by atoms with Gasteiger partial charge in [0.1, 0.15) is 11.6 Å². The minimum atomic E-state index is 0.00497. The van der Waals surface area contributed by atoms with Crippen molar-refractivity contribution in [1.29, 1.82) is 0 Å². The first-order valence-corrected chi connectivity index (χ1v) is 9.33. The molecule has 1 unspecified atom stereocenters. The normalized spacial score (nSPS) is 19.3. The Kier molecular flexibility index (Phi) is 6.41. The summed E-state index contributed by atoms with van der Waals surface area (Å²) in [5.41, 5.74) is 3.58. The van der Waals surface area contributed by atoms with Crippen LogP contribution in [0.1, 0.15) is 70.1 Å². The number of carbonyl (C=O) groups is 1. The van der Waals surface area contributed by atoms with Gasteiger partial charge in [0.15, 0.2) is 0 Å². The molecule has 1 aromatic carbocycles. The maximum atomic E-state index is 12.9. The molecule has 1 aliphatic heterocycles. The number of aliphatic imine (C=N–C) groups is 1. The van der Waals surface area contributed by atoms with Gasteiger partial charge in [0.25, 0.3) is 0 Å². The van der Waals surface area contributed by atoms with Crippen LogP contribution in [0.5, 0.6) is 5.75 Å². The van der Waals surface area contributed by atoms with E-state index in [9.17, 15) is 9.90 Å². The molecule has 0 saturated heterocycles. The van der Waals surface area contributed by atoms with Crippen LogP contribution in [-0.2, 0) is 4.79 Å². The van der Waals surface area contributed by atoms with Crippen LogP contribution in [-0.4, -0.2) is 27.8 Å². The molecule has 0 bridgehead atoms. The molecule has 0 radical (unpaired) electrons. The lowest BCUT2D eigenvalue weighted by molar-refractivity contribution is -0.125. The number of hydrogen-bond acceptors (Lipinski definition) is 3. The number of hydrogen-bond donors (Lipinski definition) is 1. The van der Waals surface area contributed by atoms with Gasteiger partial charge in [0, 0.05) is 12.1 Å². The fourth-order valence-corrected chi connectivity index (χ4v) is 3.33. The van der Waals surface area contributed by atoms with Gasteiger partial charge in [-0.1, -0.05) is 26.0 Å². The average molecular weight is 354 g/mol. The van der Waals surface area contributed by atoms with Crippen LogP contribution in [0.4, 0.5) is 0 Å². The van der Waals surface area contributed by atoms with Crippen molar-refractivity contribution in [2.24, 2.45) is 4.99 Å². The Morgan fingerprint density at radius 2 is 2.04 bits per heavy atom. The molecule has 0 fully saturated rings. The molecule has 26 heavy (non-hydrogen) atoms. The lowest BCUT2D eigenvalue weighted by Gasteiger charge is -2.26. The van der Waals surface area contributed by atoms with Gasteiger partial charge in [-0.25, -0.2) is 0 Å². The lowest BCUT2D eigenvalue weighted by atomic mass is 9.94. The predicted octanol–water partition coefficient (Wildman–Crippen LogP) is 5.06. The van der Waals surface area contributed by atoms with Crippen molar-refractivity contribution < 1.29 is 9.90 Å². The molecule has 2 rings (SSSR count). The second kappa shape index (κ2) is 8.35. The van der Waals surface area contributed by atoms with Crippen molar-refractivity contribution in [3.63, 3.8) is 0 Å². The summed E-state index contributed by atoms with van der Waals surface area (Å²) in [6.45, 7) is 12.1. The maximum Gasteiger partial charge on any atom is 0.232 e. The van der Waals surface area contributed by atoms with Gasteiger partial charge >= 0.3 is 0 Å². The molecular formula is C22H30N2O2. The largest absolute Gasteiger partial charge is 0.507 e. The highest BCUT2D eigenvalue weighted by molar-refractivity contribution is 6.11. The van der Waals surface area contributed by atoms with Crippen molar-refractivity contribution in [2.75, 3.05) is 0 Å². The molecule has 1 heterocycles. The fourth-order valence-electron chi connectivity index (χ4n) is 3.33. The summed E-state index contributed by atoms with van der Waals surface area (Å²) in [6.07, 6.45) is 6.85. The summed E-state index contributed by atoms with van der Waals surface area (Å²) in [6, 6.07) is 3.78. The third-order valence-corrected chi connectivity index (χ3v) is 4.72. The van der Waals surface area contributed by atoms with Crippen molar-refractivity contribution in [3.05, 3.63) is 52.7 Å². The van der Waals surface area contributed by atoms with E-state index in [-0.39, 0.29) is 17.7 Å². The first-order valence-electron chi connectivity index (χ1n) is 9.33. The number of amidine groups is 1. The number of aryl methyl sites for hydroxylation is 1. The number of benzene rings is 1. The van der Waals surface area contributed by atoms with Crippen molar-refractivity contribution in [2.45, 2.75) is 66.3 Å². The van der Waals surface area contributed by atoms with E-state index in [4.69, 9.17) is 4.99 Å². The molecule has 140 valence electrons. The van der Waals surface area contributed by atoms with E-state index >= 15 is 0 Å². The fraction of sp³-hybridized carbons (Fsp3) is 0.455. The lowest BCUT2D eigenvalue weighted by Crippen LogP contribution is -2.35. The van der Waals surface area contributed by atoms with Crippen molar-refractivity contribution in [1.82, 2.24) is 4.90 Å². The van der Waals surface area contributed by atoms with E-state index in [1.807, 2.05) is 52.0 Å². The Morgan fingerprint density at radius 3 is 2.62 bits per heavy atom. The minimum absolute atomic E-state index is 0.00497. The van der Waals surface area contributed by atoms with Crippen molar-refractivity contribution in [3.8, 4) is 5.75 Å². The van der Waals surface area contributed by atoms with Crippen LogP contribution in [0.2, 0.25) is 0 Å². The van der Waals surface area contributed by atoms with Gasteiger partial charge in [-0.2, -0.15) is 0 Å². The van der Waals surface area contributed by atoms with Crippen LogP contribution in [0.25, 0.3) is 0 Å². The Labute approximate surface area is 156 Å². The standard InChI is InChI=1S/C22H30N2O2/c1-7-9-17(8-2)24-21(26)11-10-16(6)23-22(24)19-13-18(14(3)4)15(5)12-20(19)25/h7-9,12-14,16,25H,10-11H2,1-6H3. The molecule has 1 amide bonds. The van der Waals surface area contributed by atoms with Gasteiger partial charge in [0.2, 0.25) is 5.91 Å². The van der Waals surface area contributed by atoms with Crippen LogP contribution >= 0.6 is 0 Å². The highest BCUT2D eigenvalue weighted by Crippen LogP contribution is 2.31. The summed E-state index contributed by atoms with van der Waals surface area (Å²) in [7, 11) is 0. The Bertz CT molecular complexity index is 773. The number of amides is 1. The summed E-state index contributed by atoms with van der Waals surface area (Å²) < 4.78 is 0. The van der Waals surface area contributed by atoms with Crippen LogP contribution in [0, 0.1) is 6.92 Å². The van der Waals surface area contributed by atoms with Crippen LogP contribution in [0.3, 0.4) is 0 Å². The van der Waals surface area contributed by atoms with Crippen molar-refractivity contribution >= 4 is 11.7 Å². The average Bonchev–Trinajstić information content (AvgIpc) is 2.71. The highest BCUT2D eigenvalue weighted by Gasteiger charge is 2.29. The van der Waals surface area contributed by atoms with E-state index in [0.29, 0.717) is 30.2 Å². The number of allylic oxidation sites excluding steroid dienone is 3. The SMILES string of the molecule is CC=CC(=CC)N1C(=O)CCC(C)N=C1c1cc(C(C)C)c(C)cc1O. The topological polar surface area (TPSA) is 52.9 Å². The molecule has 0 aliphatic carbocycles. The Balaban J connectivity index is 2.72. The van der Waals surface area contributed by atoms with E-state index in [1.54, 1.807) is 11.0 Å². The molecule has 1 aliphatic rings. The first-order chi connectivity index (χ1) is 12.3. The third kappa shape index (κ3) is 4.06. The molecule has 0 saturated carbocycles. The molecule has 1 atom stereocenters. The third-order valence-electron chi connectivity index (χ3n) is 4.72. The number of rotatable bonds is 4. The quantitative estimate of drug-likeness (QED) is 0.768. The summed E-state index contributed by atoms with van der Waals surface area (Å²) >= 11 is 0. The summed E-state index contributed by atoms with van der Waals surface area (Å²) in [5, 5.41) is 10.7. The predicted molar refractivity (Wildman–Crippen MR) is 108 cm³/mol. The Morgan fingerprint density at radius 1 is 1.35 bits per heavy atom. The Hall–Kier alpha value is -2.36. The number of phenols is 1. The zero-order chi connectivity index (χ0) is 19.4. The second-order valence-corrected chi connectivity index (χ2v) is 7.16. The maximum absolute atomic E-state index is 12.9. The number of aromatic hydroxyl groups is 1. The summed E-state index contributed by atoms with van der Waals surface area (Å²) in [5.74, 6) is 1.02. The number of phenolic OH excluding ortho intramolecular Hbond substituents is 1. The van der Waals surface area contributed by atoms with Gasteiger partial charge in [-0.3, -0.25) is 14.7 Å².